The second-order valence-corrected chi connectivity index (χ2v) is 5.81. The van der Waals surface area contributed by atoms with E-state index in [9.17, 15) is 4.79 Å². The van der Waals surface area contributed by atoms with Gasteiger partial charge < -0.3 is 4.74 Å². The van der Waals surface area contributed by atoms with Crippen molar-refractivity contribution >= 4 is 5.97 Å². The van der Waals surface area contributed by atoms with E-state index in [1.807, 2.05) is 6.92 Å². The van der Waals surface area contributed by atoms with E-state index in [0.29, 0.717) is 18.9 Å². The summed E-state index contributed by atoms with van der Waals surface area (Å²) in [5.74, 6) is 0.404. The molecule has 0 aliphatic rings. The molecule has 0 bridgehead atoms. The van der Waals surface area contributed by atoms with E-state index in [1.165, 1.54) is 16.7 Å². The largest absolute Gasteiger partial charge is 0.465 e. The van der Waals surface area contributed by atoms with Crippen LogP contribution >= 0.6 is 0 Å². The van der Waals surface area contributed by atoms with E-state index < -0.39 is 0 Å². The molecule has 0 aromatic rings. The number of allylic oxidation sites excluding steroid dienone is 3. The fourth-order valence-corrected chi connectivity index (χ4v) is 2.07. The Hall–Kier alpha value is -1.31. The molecule has 0 aliphatic carbocycles. The number of ether oxygens (including phenoxy) is 1. The van der Waals surface area contributed by atoms with E-state index in [4.69, 9.17) is 4.74 Å². The maximum Gasteiger partial charge on any atom is 0.305 e. The Morgan fingerprint density at radius 3 is 2.33 bits per heavy atom. The third-order valence-electron chi connectivity index (χ3n) is 3.75. The number of carbonyl (C=O) groups excluding carboxylic acids is 1. The van der Waals surface area contributed by atoms with Gasteiger partial charge in [0.1, 0.15) is 0 Å². The van der Waals surface area contributed by atoms with Gasteiger partial charge in [-0.1, -0.05) is 43.2 Å². The molecule has 0 saturated heterocycles. The lowest BCUT2D eigenvalue weighted by Gasteiger charge is -2.17. The van der Waals surface area contributed by atoms with Gasteiger partial charge in [0.05, 0.1) is 6.61 Å². The molecule has 21 heavy (non-hydrogen) atoms. The molecule has 0 spiro atoms. The Balaban J connectivity index is 4.29. The van der Waals surface area contributed by atoms with E-state index in [0.717, 1.165) is 32.1 Å². The summed E-state index contributed by atoms with van der Waals surface area (Å²) in [6.07, 6.45) is 7.76. The number of carbonyl (C=O) groups is 1. The fraction of sp³-hybridized carbons (Fsp3) is 0.632. The lowest BCUT2D eigenvalue weighted by molar-refractivity contribution is -0.143. The maximum atomic E-state index is 11.1. The Kier molecular flexibility index (Phi) is 10.7. The Morgan fingerprint density at radius 1 is 1.14 bits per heavy atom. The van der Waals surface area contributed by atoms with Crippen LogP contribution in [0.5, 0.6) is 0 Å². The summed E-state index contributed by atoms with van der Waals surface area (Å²) in [5, 5.41) is 0. The standard InChI is InChI=1S/C19H32O2/c1-7-17(6)18(11-9-15(3)4)12-10-16(5)13-14-21-19(20)8-2/h10,18H,3,6-9,11-14H2,1-2,4-5H3/b16-10-. The van der Waals surface area contributed by atoms with Gasteiger partial charge in [-0.3, -0.25) is 4.79 Å². The van der Waals surface area contributed by atoms with Gasteiger partial charge in [-0.2, -0.15) is 0 Å². The van der Waals surface area contributed by atoms with Crippen molar-refractivity contribution in [3.63, 3.8) is 0 Å². The van der Waals surface area contributed by atoms with Crippen molar-refractivity contribution in [3.8, 4) is 0 Å². The molecular weight excluding hydrogens is 260 g/mol. The minimum Gasteiger partial charge on any atom is -0.465 e. The van der Waals surface area contributed by atoms with Crippen molar-refractivity contribution in [1.29, 1.82) is 0 Å². The number of hydrogen-bond donors (Lipinski definition) is 0. The van der Waals surface area contributed by atoms with E-state index in [1.54, 1.807) is 0 Å². The molecule has 0 aliphatic heterocycles. The van der Waals surface area contributed by atoms with Gasteiger partial charge in [0.2, 0.25) is 0 Å². The predicted octanol–water partition coefficient (Wildman–Crippen LogP) is 5.60. The van der Waals surface area contributed by atoms with Crippen LogP contribution < -0.4 is 0 Å². The Bertz CT molecular complexity index is 377. The van der Waals surface area contributed by atoms with Crippen molar-refractivity contribution in [2.24, 2.45) is 5.92 Å². The third-order valence-corrected chi connectivity index (χ3v) is 3.75. The van der Waals surface area contributed by atoms with E-state index in [-0.39, 0.29) is 5.97 Å². The molecule has 120 valence electrons. The van der Waals surface area contributed by atoms with Crippen molar-refractivity contribution in [1.82, 2.24) is 0 Å². The van der Waals surface area contributed by atoms with Gasteiger partial charge in [-0.05, 0) is 45.4 Å². The zero-order chi connectivity index (χ0) is 16.3. The minimum atomic E-state index is -0.124. The van der Waals surface area contributed by atoms with Crippen LogP contribution in [0.25, 0.3) is 0 Å². The summed E-state index contributed by atoms with van der Waals surface area (Å²) in [5.41, 5.74) is 3.83. The van der Waals surface area contributed by atoms with Gasteiger partial charge in [0.15, 0.2) is 0 Å². The first-order valence-corrected chi connectivity index (χ1v) is 8.03. The third kappa shape index (κ3) is 10.1. The molecule has 0 amide bonds. The summed E-state index contributed by atoms with van der Waals surface area (Å²) in [4.78, 5) is 11.1. The summed E-state index contributed by atoms with van der Waals surface area (Å²) in [6.45, 7) is 16.8. The Labute approximate surface area is 131 Å². The van der Waals surface area contributed by atoms with Gasteiger partial charge >= 0.3 is 5.97 Å². The predicted molar refractivity (Wildman–Crippen MR) is 91.2 cm³/mol. The molecule has 0 heterocycles. The summed E-state index contributed by atoms with van der Waals surface area (Å²) in [7, 11) is 0. The first-order chi connectivity index (χ1) is 9.90. The lowest BCUT2D eigenvalue weighted by Crippen LogP contribution is -2.05. The molecule has 2 nitrogen and oxygen atoms in total. The number of rotatable bonds is 11. The van der Waals surface area contributed by atoms with Gasteiger partial charge in [-0.25, -0.2) is 0 Å². The number of esters is 1. The summed E-state index contributed by atoms with van der Waals surface area (Å²) >= 11 is 0. The molecule has 1 unspecified atom stereocenters. The SMILES string of the molecule is C=C(C)CCC(C/C=C(/C)CCOC(=O)CC)C(=C)CC. The molecule has 0 fully saturated rings. The molecule has 0 saturated carbocycles. The van der Waals surface area contributed by atoms with Crippen LogP contribution in [0.4, 0.5) is 0 Å². The molecular formula is C19H32O2. The van der Waals surface area contributed by atoms with Gasteiger partial charge in [0.25, 0.3) is 0 Å². The number of hydrogen-bond acceptors (Lipinski definition) is 2. The van der Waals surface area contributed by atoms with Gasteiger partial charge in [-0.15, -0.1) is 6.58 Å². The first-order valence-electron chi connectivity index (χ1n) is 8.03. The van der Waals surface area contributed by atoms with Crippen LogP contribution in [-0.4, -0.2) is 12.6 Å². The van der Waals surface area contributed by atoms with Crippen molar-refractivity contribution in [2.75, 3.05) is 6.61 Å². The first kappa shape index (κ1) is 19.7. The van der Waals surface area contributed by atoms with Gasteiger partial charge in [0, 0.05) is 12.8 Å². The van der Waals surface area contributed by atoms with Crippen molar-refractivity contribution in [3.05, 3.63) is 36.0 Å². The molecule has 0 radical (unpaired) electrons. The van der Waals surface area contributed by atoms with E-state index in [2.05, 4.69) is 40.0 Å². The van der Waals surface area contributed by atoms with Crippen molar-refractivity contribution < 1.29 is 9.53 Å². The molecule has 1 atom stereocenters. The van der Waals surface area contributed by atoms with Crippen LogP contribution in [0.15, 0.2) is 36.0 Å². The van der Waals surface area contributed by atoms with Crippen LogP contribution in [0.2, 0.25) is 0 Å². The topological polar surface area (TPSA) is 26.3 Å². The van der Waals surface area contributed by atoms with Crippen LogP contribution in [-0.2, 0) is 9.53 Å². The van der Waals surface area contributed by atoms with Crippen LogP contribution in [0.1, 0.15) is 66.2 Å². The molecule has 0 rings (SSSR count). The lowest BCUT2D eigenvalue weighted by atomic mass is 9.88. The zero-order valence-corrected chi connectivity index (χ0v) is 14.3. The molecule has 2 heteroatoms. The minimum absolute atomic E-state index is 0.124. The average molecular weight is 292 g/mol. The van der Waals surface area contributed by atoms with Crippen LogP contribution in [0, 0.1) is 5.92 Å². The molecule has 0 N–H and O–H groups in total. The zero-order valence-electron chi connectivity index (χ0n) is 14.3. The second kappa shape index (κ2) is 11.4. The summed E-state index contributed by atoms with van der Waals surface area (Å²) in [6, 6.07) is 0. The highest BCUT2D eigenvalue weighted by molar-refractivity contribution is 5.68. The van der Waals surface area contributed by atoms with Crippen LogP contribution in [0.3, 0.4) is 0 Å². The van der Waals surface area contributed by atoms with Crippen molar-refractivity contribution in [2.45, 2.75) is 66.2 Å². The highest BCUT2D eigenvalue weighted by Crippen LogP contribution is 2.25. The fourth-order valence-electron chi connectivity index (χ4n) is 2.07. The monoisotopic (exact) mass is 292 g/mol. The quantitative estimate of drug-likeness (QED) is 0.366. The normalized spacial score (nSPS) is 12.9. The molecule has 0 aromatic carbocycles. The molecule has 0 aromatic heterocycles. The smallest absolute Gasteiger partial charge is 0.305 e. The summed E-state index contributed by atoms with van der Waals surface area (Å²) < 4.78 is 5.11. The highest BCUT2D eigenvalue weighted by Gasteiger charge is 2.10. The second-order valence-electron chi connectivity index (χ2n) is 5.81. The Morgan fingerprint density at radius 2 is 1.81 bits per heavy atom. The highest BCUT2D eigenvalue weighted by atomic mass is 16.5. The average Bonchev–Trinajstić information content (AvgIpc) is 2.45. The van der Waals surface area contributed by atoms with E-state index >= 15 is 0 Å². The maximum absolute atomic E-state index is 11.1.